The molecule has 2 fully saturated rings. The number of nitrogens with one attached hydrogen (secondary N) is 2. The topological polar surface area (TPSA) is 70.7 Å². The predicted molar refractivity (Wildman–Crippen MR) is 108 cm³/mol. The first-order chi connectivity index (χ1) is 12.6. The van der Waals surface area contributed by atoms with Crippen LogP contribution in [0.1, 0.15) is 36.0 Å². The first kappa shape index (κ1) is 21.8. The molecule has 2 saturated heterocycles. The van der Waals surface area contributed by atoms with Crippen molar-refractivity contribution < 1.29 is 14.3 Å². The molecule has 0 bridgehead atoms. The zero-order chi connectivity index (χ0) is 18.5. The number of rotatable bonds is 6. The molecule has 2 aliphatic heterocycles. The maximum absolute atomic E-state index is 13.0. The van der Waals surface area contributed by atoms with Crippen molar-refractivity contribution in [2.24, 2.45) is 5.92 Å². The third kappa shape index (κ3) is 5.27. The molecule has 150 valence electrons. The van der Waals surface area contributed by atoms with Gasteiger partial charge in [-0.25, -0.2) is 0 Å². The lowest BCUT2D eigenvalue weighted by Crippen LogP contribution is -2.46. The van der Waals surface area contributed by atoms with E-state index in [9.17, 15) is 9.59 Å². The number of carbonyl (C=O) groups is 2. The number of methoxy groups -OCH3 is 1. The molecule has 1 aromatic carbocycles. The molecule has 8 heteroatoms. The molecule has 0 aliphatic carbocycles. The third-order valence-electron chi connectivity index (χ3n) is 5.22. The Labute approximate surface area is 171 Å². The number of hydrogen-bond acceptors (Lipinski definition) is 4. The van der Waals surface area contributed by atoms with E-state index in [0.29, 0.717) is 41.8 Å². The van der Waals surface area contributed by atoms with Crippen molar-refractivity contribution in [2.45, 2.75) is 31.7 Å². The van der Waals surface area contributed by atoms with Crippen LogP contribution in [0.3, 0.4) is 0 Å². The fourth-order valence-electron chi connectivity index (χ4n) is 3.76. The van der Waals surface area contributed by atoms with Crippen LogP contribution in [-0.4, -0.2) is 56.0 Å². The first-order valence-corrected chi connectivity index (χ1v) is 9.61. The van der Waals surface area contributed by atoms with E-state index in [1.165, 1.54) is 13.5 Å². The molecule has 0 saturated carbocycles. The zero-order valence-electron chi connectivity index (χ0n) is 15.5. The monoisotopic (exact) mass is 415 g/mol. The van der Waals surface area contributed by atoms with E-state index in [2.05, 4.69) is 10.6 Å². The summed E-state index contributed by atoms with van der Waals surface area (Å²) in [6.45, 7) is 3.31. The Balaban J connectivity index is 0.00000261. The Hall–Kier alpha value is -1.50. The van der Waals surface area contributed by atoms with Crippen LogP contribution in [-0.2, 0) is 4.79 Å². The molecule has 3 rings (SSSR count). The van der Waals surface area contributed by atoms with Crippen LogP contribution >= 0.6 is 24.0 Å². The van der Waals surface area contributed by atoms with Gasteiger partial charge in [-0.3, -0.25) is 9.59 Å². The van der Waals surface area contributed by atoms with Crippen molar-refractivity contribution in [3.05, 3.63) is 28.8 Å². The van der Waals surface area contributed by atoms with Gasteiger partial charge in [0.1, 0.15) is 11.8 Å². The molecule has 2 aliphatic rings. The lowest BCUT2D eigenvalue weighted by atomic mass is 10.1. The van der Waals surface area contributed by atoms with Gasteiger partial charge < -0.3 is 20.3 Å². The summed E-state index contributed by atoms with van der Waals surface area (Å²) in [5.41, 5.74) is 0.400. The second-order valence-electron chi connectivity index (χ2n) is 6.94. The Morgan fingerprint density at radius 3 is 2.89 bits per heavy atom. The Bertz CT molecular complexity index is 666. The van der Waals surface area contributed by atoms with Crippen LogP contribution in [0.25, 0.3) is 0 Å². The number of carbonyl (C=O) groups excluding carboxylic acids is 2. The normalized spacial score (nSPS) is 21.6. The van der Waals surface area contributed by atoms with E-state index in [4.69, 9.17) is 16.3 Å². The maximum atomic E-state index is 13.0. The molecular weight excluding hydrogens is 389 g/mol. The minimum atomic E-state index is -0.423. The summed E-state index contributed by atoms with van der Waals surface area (Å²) in [5, 5.41) is 6.81. The van der Waals surface area contributed by atoms with Crippen molar-refractivity contribution >= 4 is 35.8 Å². The molecule has 0 spiro atoms. The highest BCUT2D eigenvalue weighted by molar-refractivity contribution is 6.31. The van der Waals surface area contributed by atoms with E-state index in [1.807, 2.05) is 0 Å². The molecule has 6 nitrogen and oxygen atoms in total. The second-order valence-corrected chi connectivity index (χ2v) is 7.38. The Morgan fingerprint density at radius 2 is 2.19 bits per heavy atom. The SMILES string of the molecule is COc1ccc(Cl)cc1C(=O)N1CCCC1C(=O)NCCC1CCNC1.Cl. The highest BCUT2D eigenvalue weighted by atomic mass is 35.5. The third-order valence-corrected chi connectivity index (χ3v) is 5.46. The molecule has 2 unspecified atom stereocenters. The van der Waals surface area contributed by atoms with Crippen LogP contribution in [0.15, 0.2) is 18.2 Å². The molecule has 2 amide bonds. The van der Waals surface area contributed by atoms with Gasteiger partial charge in [0.25, 0.3) is 5.91 Å². The van der Waals surface area contributed by atoms with E-state index in [0.717, 1.165) is 25.9 Å². The standard InChI is InChI=1S/C19H26ClN3O3.ClH/c1-26-17-5-4-14(20)11-15(17)19(25)23-10-2-3-16(23)18(24)22-9-7-13-6-8-21-12-13;/h4-5,11,13,16,21H,2-3,6-10,12H2,1H3,(H,22,24);1H. The van der Waals surface area contributed by atoms with E-state index >= 15 is 0 Å². The van der Waals surface area contributed by atoms with Gasteiger partial charge in [-0.15, -0.1) is 12.4 Å². The minimum Gasteiger partial charge on any atom is -0.496 e. The number of hydrogen-bond donors (Lipinski definition) is 2. The van der Waals surface area contributed by atoms with Crippen molar-refractivity contribution in [2.75, 3.05) is 33.3 Å². The van der Waals surface area contributed by atoms with Gasteiger partial charge in [0.05, 0.1) is 12.7 Å². The summed E-state index contributed by atoms with van der Waals surface area (Å²) in [4.78, 5) is 27.2. The molecule has 2 atom stereocenters. The van der Waals surface area contributed by atoms with Crippen LogP contribution < -0.4 is 15.4 Å². The van der Waals surface area contributed by atoms with E-state index in [-0.39, 0.29) is 24.2 Å². The average Bonchev–Trinajstić information content (AvgIpc) is 3.32. The van der Waals surface area contributed by atoms with Gasteiger partial charge in [-0.05, 0) is 62.9 Å². The van der Waals surface area contributed by atoms with Crippen LogP contribution in [0.4, 0.5) is 0 Å². The van der Waals surface area contributed by atoms with Gasteiger partial charge in [-0.1, -0.05) is 11.6 Å². The molecular formula is C19H27Cl2N3O3. The van der Waals surface area contributed by atoms with Gasteiger partial charge in [-0.2, -0.15) is 0 Å². The van der Waals surface area contributed by atoms with E-state index < -0.39 is 6.04 Å². The number of ether oxygens (including phenoxy) is 1. The Morgan fingerprint density at radius 1 is 1.37 bits per heavy atom. The summed E-state index contributed by atoms with van der Waals surface area (Å²) in [6.07, 6.45) is 3.64. The molecule has 2 heterocycles. The lowest BCUT2D eigenvalue weighted by Gasteiger charge is -2.25. The van der Waals surface area contributed by atoms with Crippen LogP contribution in [0.5, 0.6) is 5.75 Å². The molecule has 27 heavy (non-hydrogen) atoms. The molecule has 2 N–H and O–H groups in total. The van der Waals surface area contributed by atoms with Crippen molar-refractivity contribution in [1.29, 1.82) is 0 Å². The quantitative estimate of drug-likeness (QED) is 0.748. The van der Waals surface area contributed by atoms with Gasteiger partial charge in [0, 0.05) is 18.1 Å². The molecule has 0 radical (unpaired) electrons. The van der Waals surface area contributed by atoms with Gasteiger partial charge in [0.15, 0.2) is 0 Å². The lowest BCUT2D eigenvalue weighted by molar-refractivity contribution is -0.124. The number of likely N-dealkylation sites (tertiary alicyclic amines) is 1. The first-order valence-electron chi connectivity index (χ1n) is 9.23. The van der Waals surface area contributed by atoms with Crippen molar-refractivity contribution in [1.82, 2.24) is 15.5 Å². The average molecular weight is 416 g/mol. The fourth-order valence-corrected chi connectivity index (χ4v) is 3.93. The summed E-state index contributed by atoms with van der Waals surface area (Å²) < 4.78 is 5.29. The zero-order valence-corrected chi connectivity index (χ0v) is 17.1. The maximum Gasteiger partial charge on any atom is 0.258 e. The summed E-state index contributed by atoms with van der Waals surface area (Å²) in [5.74, 6) is 0.830. The summed E-state index contributed by atoms with van der Waals surface area (Å²) >= 11 is 6.04. The summed E-state index contributed by atoms with van der Waals surface area (Å²) in [6, 6.07) is 4.54. The minimum absolute atomic E-state index is 0. The highest BCUT2D eigenvalue weighted by Crippen LogP contribution is 2.27. The highest BCUT2D eigenvalue weighted by Gasteiger charge is 2.35. The number of halogens is 2. The van der Waals surface area contributed by atoms with Crippen molar-refractivity contribution in [3.8, 4) is 5.75 Å². The summed E-state index contributed by atoms with van der Waals surface area (Å²) in [7, 11) is 1.52. The van der Waals surface area contributed by atoms with Crippen molar-refractivity contribution in [3.63, 3.8) is 0 Å². The molecule has 1 aromatic rings. The number of amides is 2. The number of nitrogens with zero attached hydrogens (tertiary/aromatic N) is 1. The number of benzene rings is 1. The van der Waals surface area contributed by atoms with Crippen LogP contribution in [0, 0.1) is 5.92 Å². The largest absolute Gasteiger partial charge is 0.496 e. The smallest absolute Gasteiger partial charge is 0.258 e. The van der Waals surface area contributed by atoms with Gasteiger partial charge >= 0.3 is 0 Å². The molecule has 0 aromatic heterocycles. The van der Waals surface area contributed by atoms with Gasteiger partial charge in [0.2, 0.25) is 5.91 Å². The van der Waals surface area contributed by atoms with E-state index in [1.54, 1.807) is 23.1 Å². The predicted octanol–water partition coefficient (Wildman–Crippen LogP) is 2.49. The van der Waals surface area contributed by atoms with Crippen LogP contribution in [0.2, 0.25) is 5.02 Å². The fraction of sp³-hybridized carbons (Fsp3) is 0.579. The second kappa shape index (κ2) is 10.2. The Kier molecular flexibility index (Phi) is 8.20.